The van der Waals surface area contributed by atoms with Gasteiger partial charge in [-0.15, -0.1) is 0 Å². The second-order valence-electron chi connectivity index (χ2n) is 4.19. The number of nitrogens with zero attached hydrogens (tertiary/aromatic N) is 2. The van der Waals surface area contributed by atoms with E-state index in [0.29, 0.717) is 6.54 Å². The van der Waals surface area contributed by atoms with Crippen molar-refractivity contribution in [2.45, 2.75) is 12.5 Å². The molecule has 0 aromatic rings. The van der Waals surface area contributed by atoms with Gasteiger partial charge in [-0.3, -0.25) is 4.79 Å². The van der Waals surface area contributed by atoms with E-state index >= 15 is 0 Å². The van der Waals surface area contributed by atoms with E-state index < -0.39 is 12.0 Å². The van der Waals surface area contributed by atoms with Gasteiger partial charge in [0.1, 0.15) is 6.04 Å². The highest BCUT2D eigenvalue weighted by atomic mass is 16.4. The Balaban J connectivity index is 3.74. The van der Waals surface area contributed by atoms with Crippen LogP contribution in [-0.4, -0.2) is 73.7 Å². The van der Waals surface area contributed by atoms with Crippen LogP contribution in [0.4, 0.5) is 4.79 Å². The number of rotatable bonds is 7. The van der Waals surface area contributed by atoms with Crippen LogP contribution in [0.2, 0.25) is 0 Å². The summed E-state index contributed by atoms with van der Waals surface area (Å²) in [6, 6.07) is -1.15. The van der Waals surface area contributed by atoms with Gasteiger partial charge < -0.3 is 26.0 Å². The lowest BCUT2D eigenvalue weighted by Gasteiger charge is -2.20. The van der Waals surface area contributed by atoms with Gasteiger partial charge in [-0.1, -0.05) is 0 Å². The number of aliphatic carboxylic acids is 1. The summed E-state index contributed by atoms with van der Waals surface area (Å²) in [5, 5.41) is 11.2. The molecule has 0 aliphatic rings. The number of carboxylic acids is 1. The van der Waals surface area contributed by atoms with E-state index in [9.17, 15) is 9.59 Å². The highest BCUT2D eigenvalue weighted by molar-refractivity contribution is 5.74. The lowest BCUT2D eigenvalue weighted by Crippen LogP contribution is -2.42. The Morgan fingerprint density at radius 3 is 2.35 bits per heavy atom. The summed E-state index contributed by atoms with van der Waals surface area (Å²) in [4.78, 5) is 25.5. The molecular weight excluding hydrogens is 224 g/mol. The van der Waals surface area contributed by atoms with Crippen molar-refractivity contribution in [2.24, 2.45) is 5.73 Å². The first-order valence-corrected chi connectivity index (χ1v) is 5.46. The first kappa shape index (κ1) is 15.7. The van der Waals surface area contributed by atoms with E-state index in [1.54, 1.807) is 11.9 Å². The maximum Gasteiger partial charge on any atom is 0.320 e. The molecule has 0 spiro atoms. The smallest absolute Gasteiger partial charge is 0.320 e. The Hall–Kier alpha value is -1.34. The standard InChI is InChI=1S/C10H22N4O3/c1-13(2)6-7-14(3)10(17)12-5-4-8(11)9(15)16/h8H,4-7,11H2,1-3H3,(H,12,17)(H,15,16)/t8-/m0/s1. The van der Waals surface area contributed by atoms with Crippen LogP contribution >= 0.6 is 0 Å². The van der Waals surface area contributed by atoms with Gasteiger partial charge in [-0.2, -0.15) is 0 Å². The summed E-state index contributed by atoms with van der Waals surface area (Å²) in [6.07, 6.45) is 0.225. The van der Waals surface area contributed by atoms with Crippen LogP contribution in [0.25, 0.3) is 0 Å². The van der Waals surface area contributed by atoms with Crippen LogP contribution in [0.5, 0.6) is 0 Å². The number of nitrogens with two attached hydrogens (primary N) is 1. The highest BCUT2D eigenvalue weighted by Crippen LogP contribution is 1.89. The van der Waals surface area contributed by atoms with Crippen LogP contribution in [0, 0.1) is 0 Å². The monoisotopic (exact) mass is 246 g/mol. The summed E-state index contributed by atoms with van der Waals surface area (Å²) < 4.78 is 0. The third-order valence-corrected chi connectivity index (χ3v) is 2.28. The molecule has 0 aromatic carbocycles. The fourth-order valence-electron chi connectivity index (χ4n) is 1.04. The minimum atomic E-state index is -1.06. The zero-order chi connectivity index (χ0) is 13.4. The van der Waals surface area contributed by atoms with E-state index in [2.05, 4.69) is 5.32 Å². The molecule has 1 atom stereocenters. The number of likely N-dealkylation sites (N-methyl/N-ethyl adjacent to an activating group) is 2. The molecule has 7 nitrogen and oxygen atoms in total. The van der Waals surface area contributed by atoms with Gasteiger partial charge in [-0.25, -0.2) is 4.79 Å². The van der Waals surface area contributed by atoms with Crippen molar-refractivity contribution in [1.82, 2.24) is 15.1 Å². The number of hydrogen-bond donors (Lipinski definition) is 3. The number of amides is 2. The molecular formula is C10H22N4O3. The van der Waals surface area contributed by atoms with Gasteiger partial charge in [0.05, 0.1) is 0 Å². The maximum absolute atomic E-state index is 11.5. The van der Waals surface area contributed by atoms with Crippen LogP contribution in [0.15, 0.2) is 0 Å². The number of carbonyl (C=O) groups is 2. The number of hydrogen-bond acceptors (Lipinski definition) is 4. The quantitative estimate of drug-likeness (QED) is 0.534. The lowest BCUT2D eigenvalue weighted by atomic mass is 10.2. The number of nitrogens with one attached hydrogen (secondary N) is 1. The van der Waals surface area contributed by atoms with Gasteiger partial charge in [0.15, 0.2) is 0 Å². The molecule has 0 fully saturated rings. The van der Waals surface area contributed by atoms with Crippen molar-refractivity contribution in [2.75, 3.05) is 40.8 Å². The molecule has 17 heavy (non-hydrogen) atoms. The van der Waals surface area contributed by atoms with Crippen molar-refractivity contribution in [3.05, 3.63) is 0 Å². The molecule has 0 heterocycles. The zero-order valence-corrected chi connectivity index (χ0v) is 10.6. The number of urea groups is 1. The number of carbonyl (C=O) groups excluding carboxylic acids is 1. The van der Waals surface area contributed by atoms with Crippen molar-refractivity contribution < 1.29 is 14.7 Å². The van der Waals surface area contributed by atoms with Crippen LogP contribution in [0.1, 0.15) is 6.42 Å². The molecule has 0 saturated carbocycles. The van der Waals surface area contributed by atoms with Gasteiger partial charge >= 0.3 is 12.0 Å². The number of carboxylic acid groups (broad SMARTS) is 1. The Morgan fingerprint density at radius 2 is 1.88 bits per heavy atom. The van der Waals surface area contributed by atoms with E-state index in [1.165, 1.54) is 0 Å². The van der Waals surface area contributed by atoms with E-state index in [-0.39, 0.29) is 19.0 Å². The minimum Gasteiger partial charge on any atom is -0.480 e. The van der Waals surface area contributed by atoms with Gasteiger partial charge in [-0.05, 0) is 20.5 Å². The van der Waals surface area contributed by atoms with Crippen LogP contribution in [-0.2, 0) is 4.79 Å². The predicted octanol–water partition coefficient (Wildman–Crippen LogP) is -1.01. The molecule has 100 valence electrons. The fourth-order valence-corrected chi connectivity index (χ4v) is 1.04. The van der Waals surface area contributed by atoms with Crippen molar-refractivity contribution >= 4 is 12.0 Å². The largest absolute Gasteiger partial charge is 0.480 e. The van der Waals surface area contributed by atoms with Crippen molar-refractivity contribution in [3.8, 4) is 0 Å². The maximum atomic E-state index is 11.5. The molecule has 2 amide bonds. The average Bonchev–Trinajstić information content (AvgIpc) is 2.25. The third kappa shape index (κ3) is 7.53. The van der Waals surface area contributed by atoms with Crippen molar-refractivity contribution in [3.63, 3.8) is 0 Å². The predicted molar refractivity (Wildman–Crippen MR) is 64.8 cm³/mol. The summed E-state index contributed by atoms with van der Waals surface area (Å²) >= 11 is 0. The molecule has 7 heteroatoms. The Kier molecular flexibility index (Phi) is 7.24. The summed E-state index contributed by atoms with van der Waals surface area (Å²) in [6.45, 7) is 1.65. The SMILES string of the molecule is CN(C)CCN(C)C(=O)NCC[C@H](N)C(=O)O. The topological polar surface area (TPSA) is 98.9 Å². The molecule has 0 radical (unpaired) electrons. The van der Waals surface area contributed by atoms with Gasteiger partial charge in [0.25, 0.3) is 0 Å². The summed E-state index contributed by atoms with van der Waals surface area (Å²) in [5.74, 6) is -1.06. The van der Waals surface area contributed by atoms with Crippen LogP contribution in [0.3, 0.4) is 0 Å². The lowest BCUT2D eigenvalue weighted by molar-refractivity contribution is -0.138. The van der Waals surface area contributed by atoms with Gasteiger partial charge in [0, 0.05) is 26.7 Å². The molecule has 0 aliphatic carbocycles. The Labute approximate surface area is 102 Å². The average molecular weight is 246 g/mol. The molecule has 0 saturated heterocycles. The molecule has 0 bridgehead atoms. The Bertz CT molecular complexity index is 258. The van der Waals surface area contributed by atoms with Crippen molar-refractivity contribution in [1.29, 1.82) is 0 Å². The second-order valence-corrected chi connectivity index (χ2v) is 4.19. The van der Waals surface area contributed by atoms with E-state index in [4.69, 9.17) is 10.8 Å². The van der Waals surface area contributed by atoms with Crippen LogP contribution < -0.4 is 11.1 Å². The minimum absolute atomic E-state index is 0.218. The third-order valence-electron chi connectivity index (χ3n) is 2.28. The summed E-state index contributed by atoms with van der Waals surface area (Å²) in [7, 11) is 5.55. The molecule has 4 N–H and O–H groups in total. The zero-order valence-electron chi connectivity index (χ0n) is 10.6. The Morgan fingerprint density at radius 1 is 1.29 bits per heavy atom. The normalized spacial score (nSPS) is 12.3. The molecule has 0 unspecified atom stereocenters. The highest BCUT2D eigenvalue weighted by Gasteiger charge is 2.12. The van der Waals surface area contributed by atoms with E-state index in [1.807, 2.05) is 19.0 Å². The fraction of sp³-hybridized carbons (Fsp3) is 0.800. The first-order valence-electron chi connectivity index (χ1n) is 5.46. The molecule has 0 aromatic heterocycles. The first-order chi connectivity index (χ1) is 7.84. The van der Waals surface area contributed by atoms with Gasteiger partial charge in [0.2, 0.25) is 0 Å². The van der Waals surface area contributed by atoms with E-state index in [0.717, 1.165) is 6.54 Å². The molecule has 0 rings (SSSR count). The summed E-state index contributed by atoms with van der Waals surface area (Å²) in [5.41, 5.74) is 5.31. The molecule has 0 aliphatic heterocycles. The second kappa shape index (κ2) is 7.86.